The minimum atomic E-state index is -0.185. The van der Waals surface area contributed by atoms with Crippen molar-refractivity contribution in [3.63, 3.8) is 0 Å². The minimum Gasteiger partial charge on any atom is -0.325 e. The predicted molar refractivity (Wildman–Crippen MR) is 107 cm³/mol. The van der Waals surface area contributed by atoms with Gasteiger partial charge in [0.05, 0.1) is 17.1 Å². The Bertz CT molecular complexity index is 883. The monoisotopic (exact) mass is 385 g/mol. The van der Waals surface area contributed by atoms with Crippen molar-refractivity contribution in [2.24, 2.45) is 0 Å². The van der Waals surface area contributed by atoms with E-state index in [1.807, 2.05) is 31.2 Å². The van der Waals surface area contributed by atoms with E-state index in [4.69, 9.17) is 0 Å². The van der Waals surface area contributed by atoms with E-state index in [1.54, 1.807) is 0 Å². The lowest BCUT2D eigenvalue weighted by Crippen LogP contribution is -2.18. The third kappa shape index (κ3) is 4.45. The van der Waals surface area contributed by atoms with E-state index in [0.717, 1.165) is 36.1 Å². The molecule has 2 aromatic rings. The number of hydrogen-bond acceptors (Lipinski definition) is 5. The number of rotatable bonds is 6. The van der Waals surface area contributed by atoms with E-state index in [2.05, 4.69) is 16.7 Å². The van der Waals surface area contributed by atoms with Crippen molar-refractivity contribution in [2.45, 2.75) is 26.2 Å². The van der Waals surface area contributed by atoms with E-state index >= 15 is 0 Å². The predicted octanol–water partition coefficient (Wildman–Crippen LogP) is 3.73. The second kappa shape index (κ2) is 8.39. The molecule has 0 fully saturated rings. The van der Waals surface area contributed by atoms with Gasteiger partial charge >= 0.3 is 0 Å². The van der Waals surface area contributed by atoms with E-state index in [-0.39, 0.29) is 23.3 Å². The van der Waals surface area contributed by atoms with Crippen LogP contribution in [0, 0.1) is 18.3 Å². The number of fused-ring (bicyclic) bond motifs is 1. The molecule has 0 bridgehead atoms. The van der Waals surface area contributed by atoms with Crippen molar-refractivity contribution >= 4 is 45.6 Å². The molecule has 1 heterocycles. The van der Waals surface area contributed by atoms with Crippen LogP contribution < -0.4 is 10.6 Å². The zero-order valence-electron chi connectivity index (χ0n) is 14.4. The van der Waals surface area contributed by atoms with Crippen LogP contribution >= 0.6 is 23.1 Å². The first kappa shape index (κ1) is 18.5. The molecule has 1 aromatic carbocycles. The summed E-state index contributed by atoms with van der Waals surface area (Å²) in [7, 11) is 0. The van der Waals surface area contributed by atoms with Gasteiger partial charge in [-0.05, 0) is 49.4 Å². The number of aryl methyl sites for hydroxylation is 2. The molecule has 134 valence electrons. The maximum Gasteiger partial charge on any atom is 0.235 e. The van der Waals surface area contributed by atoms with Crippen LogP contribution in [0.4, 0.5) is 10.7 Å². The van der Waals surface area contributed by atoms with Gasteiger partial charge in [0, 0.05) is 10.6 Å². The second-order valence-corrected chi connectivity index (χ2v) is 8.22. The number of carbonyl (C=O) groups is 2. The Kier molecular flexibility index (Phi) is 5.96. The van der Waals surface area contributed by atoms with Crippen LogP contribution in [-0.4, -0.2) is 23.3 Å². The van der Waals surface area contributed by atoms with E-state index in [1.165, 1.54) is 28.0 Å². The fraction of sp³-hybridized carbons (Fsp3) is 0.316. The molecule has 2 amide bonds. The summed E-state index contributed by atoms with van der Waals surface area (Å²) in [6.07, 6.45) is 2.98. The number of thioether (sulfide) groups is 1. The Morgan fingerprint density at radius 3 is 2.73 bits per heavy atom. The number of amides is 2. The summed E-state index contributed by atoms with van der Waals surface area (Å²) in [6, 6.07) is 9.79. The van der Waals surface area contributed by atoms with Crippen LogP contribution in [0.15, 0.2) is 24.3 Å². The van der Waals surface area contributed by atoms with Crippen molar-refractivity contribution in [3.05, 3.63) is 45.8 Å². The molecule has 1 aliphatic carbocycles. The Labute approximate surface area is 160 Å². The molecular weight excluding hydrogens is 366 g/mol. The van der Waals surface area contributed by atoms with Gasteiger partial charge in [0.2, 0.25) is 11.8 Å². The van der Waals surface area contributed by atoms with Crippen molar-refractivity contribution < 1.29 is 9.59 Å². The summed E-state index contributed by atoms with van der Waals surface area (Å²) in [4.78, 5) is 25.3. The Morgan fingerprint density at radius 1 is 1.23 bits per heavy atom. The van der Waals surface area contributed by atoms with Crippen molar-refractivity contribution in [1.29, 1.82) is 5.26 Å². The fourth-order valence-electron chi connectivity index (χ4n) is 2.93. The number of thiophene rings is 1. The maximum atomic E-state index is 12.1. The first-order valence-corrected chi connectivity index (χ1v) is 10.3. The third-order valence-electron chi connectivity index (χ3n) is 4.05. The van der Waals surface area contributed by atoms with Crippen LogP contribution in [0.3, 0.4) is 0 Å². The Balaban J connectivity index is 1.46. The van der Waals surface area contributed by atoms with Gasteiger partial charge in [-0.25, -0.2) is 0 Å². The highest BCUT2D eigenvalue weighted by Crippen LogP contribution is 2.38. The van der Waals surface area contributed by atoms with Gasteiger partial charge in [-0.1, -0.05) is 12.1 Å². The van der Waals surface area contributed by atoms with Crippen molar-refractivity contribution in [1.82, 2.24) is 0 Å². The SMILES string of the molecule is Cc1cccc(NC(=O)CSCC(=O)Nc2sc3c(c2C#N)CCC3)c1. The van der Waals surface area contributed by atoms with Gasteiger partial charge in [0.25, 0.3) is 0 Å². The molecule has 26 heavy (non-hydrogen) atoms. The molecule has 0 spiro atoms. The summed E-state index contributed by atoms with van der Waals surface area (Å²) in [5.41, 5.74) is 3.54. The van der Waals surface area contributed by atoms with Gasteiger partial charge in [-0.3, -0.25) is 9.59 Å². The first-order valence-electron chi connectivity index (χ1n) is 8.35. The zero-order valence-corrected chi connectivity index (χ0v) is 16.1. The summed E-state index contributed by atoms with van der Waals surface area (Å²) < 4.78 is 0. The highest BCUT2D eigenvalue weighted by Gasteiger charge is 2.23. The van der Waals surface area contributed by atoms with Gasteiger partial charge in [-0.15, -0.1) is 23.1 Å². The van der Waals surface area contributed by atoms with Crippen LogP contribution in [0.2, 0.25) is 0 Å². The van der Waals surface area contributed by atoms with Gasteiger partial charge in [-0.2, -0.15) is 5.26 Å². The number of nitrogens with zero attached hydrogens (tertiary/aromatic N) is 1. The number of benzene rings is 1. The highest BCUT2D eigenvalue weighted by atomic mass is 32.2. The molecule has 0 radical (unpaired) electrons. The van der Waals surface area contributed by atoms with Gasteiger partial charge < -0.3 is 10.6 Å². The first-order chi connectivity index (χ1) is 12.6. The minimum absolute atomic E-state index is 0.138. The maximum absolute atomic E-state index is 12.1. The third-order valence-corrected chi connectivity index (χ3v) is 6.19. The number of nitrogens with one attached hydrogen (secondary N) is 2. The van der Waals surface area contributed by atoms with Gasteiger partial charge in [0.15, 0.2) is 0 Å². The Morgan fingerprint density at radius 2 is 2.00 bits per heavy atom. The zero-order chi connectivity index (χ0) is 18.5. The van der Waals surface area contributed by atoms with Crippen molar-refractivity contribution in [3.8, 4) is 6.07 Å². The quantitative estimate of drug-likeness (QED) is 0.794. The van der Waals surface area contributed by atoms with Crippen LogP contribution in [0.1, 0.15) is 28.0 Å². The highest BCUT2D eigenvalue weighted by molar-refractivity contribution is 8.00. The van der Waals surface area contributed by atoms with Crippen molar-refractivity contribution in [2.75, 3.05) is 22.1 Å². The molecule has 0 aliphatic heterocycles. The standard InChI is InChI=1S/C19H19N3O2S2/c1-12-4-2-5-13(8-12)21-17(23)10-25-11-18(24)22-19-15(9-20)14-6-3-7-16(14)26-19/h2,4-5,8H,3,6-7,10-11H2,1H3,(H,21,23)(H,22,24). The molecular formula is C19H19N3O2S2. The fourth-order valence-corrected chi connectivity index (χ4v) is 4.80. The van der Waals surface area contributed by atoms with E-state index in [0.29, 0.717) is 10.6 Å². The topological polar surface area (TPSA) is 82.0 Å². The van der Waals surface area contributed by atoms with Crippen LogP contribution in [0.5, 0.6) is 0 Å². The molecule has 2 N–H and O–H groups in total. The van der Waals surface area contributed by atoms with E-state index < -0.39 is 0 Å². The number of carbonyl (C=O) groups excluding carboxylic acids is 2. The summed E-state index contributed by atoms with van der Waals surface area (Å²) in [6.45, 7) is 1.96. The molecule has 3 rings (SSSR count). The molecule has 0 saturated heterocycles. The second-order valence-electron chi connectivity index (χ2n) is 6.13. The lowest BCUT2D eigenvalue weighted by atomic mass is 10.1. The molecule has 5 nitrogen and oxygen atoms in total. The molecule has 0 atom stereocenters. The Hall–Kier alpha value is -2.30. The summed E-state index contributed by atoms with van der Waals surface area (Å²) in [5.74, 6) is 0.0539. The summed E-state index contributed by atoms with van der Waals surface area (Å²) >= 11 is 2.76. The van der Waals surface area contributed by atoms with Crippen LogP contribution in [-0.2, 0) is 22.4 Å². The summed E-state index contributed by atoms with van der Waals surface area (Å²) in [5, 5.41) is 15.6. The van der Waals surface area contributed by atoms with E-state index in [9.17, 15) is 14.9 Å². The largest absolute Gasteiger partial charge is 0.325 e. The smallest absolute Gasteiger partial charge is 0.235 e. The molecule has 7 heteroatoms. The average molecular weight is 386 g/mol. The number of nitriles is 1. The number of anilines is 2. The average Bonchev–Trinajstić information content (AvgIpc) is 3.15. The lowest BCUT2D eigenvalue weighted by molar-refractivity contribution is -0.114. The molecule has 0 unspecified atom stereocenters. The molecule has 0 saturated carbocycles. The van der Waals surface area contributed by atoms with Gasteiger partial charge in [0.1, 0.15) is 11.1 Å². The molecule has 1 aliphatic rings. The molecule has 1 aromatic heterocycles. The lowest BCUT2D eigenvalue weighted by Gasteiger charge is -2.06. The number of hydrogen-bond donors (Lipinski definition) is 2. The normalized spacial score (nSPS) is 12.3. The van der Waals surface area contributed by atoms with Crippen LogP contribution in [0.25, 0.3) is 0 Å².